The third-order valence-electron chi connectivity index (χ3n) is 6.48. The summed E-state index contributed by atoms with van der Waals surface area (Å²) in [6.45, 7) is 0.528. The van der Waals surface area contributed by atoms with E-state index in [1.165, 1.54) is 43.0 Å². The van der Waals surface area contributed by atoms with Crippen LogP contribution in [0.3, 0.4) is 0 Å². The van der Waals surface area contributed by atoms with Gasteiger partial charge in [0.05, 0.1) is 39.3 Å². The molecule has 0 aliphatic carbocycles. The van der Waals surface area contributed by atoms with Crippen LogP contribution in [0.5, 0.6) is 11.6 Å². The molecular formula is C28H24N4O6S3. The van der Waals surface area contributed by atoms with Gasteiger partial charge >= 0.3 is 0 Å². The number of carbonyl (C=O) groups excluding carboxylic acids is 1. The van der Waals surface area contributed by atoms with Crippen LogP contribution in [0.15, 0.2) is 59.9 Å². The lowest BCUT2D eigenvalue weighted by Crippen LogP contribution is -2.16. The van der Waals surface area contributed by atoms with Gasteiger partial charge in [-0.05, 0) is 48.9 Å². The zero-order valence-corrected chi connectivity index (χ0v) is 24.5. The molecule has 5 heterocycles. The minimum absolute atomic E-state index is 0.0892. The van der Waals surface area contributed by atoms with Gasteiger partial charge in [0.2, 0.25) is 5.88 Å². The molecular weight excluding hydrogens is 585 g/mol. The molecule has 0 fully saturated rings. The maximum absolute atomic E-state index is 13.6. The predicted molar refractivity (Wildman–Crippen MR) is 158 cm³/mol. The molecule has 4 aromatic heterocycles. The van der Waals surface area contributed by atoms with E-state index in [4.69, 9.17) is 14.2 Å². The number of Topliss-reactive ketones (excluding diaryl/α,β-unsaturated/α-hetero) is 1. The summed E-state index contributed by atoms with van der Waals surface area (Å²) in [5.74, 6) is 0.165. The van der Waals surface area contributed by atoms with E-state index in [0.29, 0.717) is 24.3 Å². The smallest absolute Gasteiger partial charge is 0.262 e. The van der Waals surface area contributed by atoms with Crippen molar-refractivity contribution in [1.82, 2.24) is 15.0 Å². The number of hydrogen-bond donors (Lipinski definition) is 1. The number of ketones is 1. The first-order valence-corrected chi connectivity index (χ1v) is 15.7. The highest BCUT2D eigenvalue weighted by Crippen LogP contribution is 2.41. The highest BCUT2D eigenvalue weighted by atomic mass is 32.2. The molecule has 10 nitrogen and oxygen atoms in total. The van der Waals surface area contributed by atoms with Gasteiger partial charge in [0, 0.05) is 35.0 Å². The number of nitrogens with zero attached hydrogens (tertiary/aromatic N) is 3. The summed E-state index contributed by atoms with van der Waals surface area (Å²) >= 11 is 3.06. The maximum atomic E-state index is 13.6. The number of fused-ring (bicyclic) bond motifs is 9. The van der Waals surface area contributed by atoms with Gasteiger partial charge in [-0.1, -0.05) is 0 Å². The molecule has 5 aromatic rings. The fourth-order valence-electron chi connectivity index (χ4n) is 4.46. The number of hydrogen-bond acceptors (Lipinski definition) is 11. The van der Waals surface area contributed by atoms with Gasteiger partial charge in [0.1, 0.15) is 30.1 Å². The van der Waals surface area contributed by atoms with Gasteiger partial charge < -0.3 is 14.2 Å². The van der Waals surface area contributed by atoms with Crippen LogP contribution in [-0.4, -0.2) is 56.6 Å². The minimum atomic E-state index is -4.14. The Bertz CT molecular complexity index is 1880. The molecule has 0 unspecified atom stereocenters. The minimum Gasteiger partial charge on any atom is -0.490 e. The summed E-state index contributed by atoms with van der Waals surface area (Å²) < 4.78 is 46.8. The molecule has 0 amide bonds. The van der Waals surface area contributed by atoms with E-state index in [0.717, 1.165) is 30.5 Å². The average molecular weight is 609 g/mol. The lowest BCUT2D eigenvalue weighted by molar-refractivity contribution is 0.0975. The molecule has 0 atom stereocenters. The second-order valence-corrected chi connectivity index (χ2v) is 13.0. The van der Waals surface area contributed by atoms with Gasteiger partial charge in [-0.2, -0.15) is 0 Å². The molecule has 8 bridgehead atoms. The first-order chi connectivity index (χ1) is 19.9. The topological polar surface area (TPSA) is 130 Å². The average Bonchev–Trinajstić information content (AvgIpc) is 3.63. The SMILES string of the molecule is COCCOc1ccc2cc1C(=O)CCc1ccc(s1)-c1ncnc3cc(sc13)-c1cnc(OC)c(c1)NS2(=O)=O. The Morgan fingerprint density at radius 1 is 0.951 bits per heavy atom. The molecule has 0 saturated carbocycles. The van der Waals surface area contributed by atoms with E-state index in [9.17, 15) is 13.2 Å². The number of aryl methyl sites for hydroxylation is 1. The van der Waals surface area contributed by atoms with Crippen molar-refractivity contribution in [3.8, 4) is 32.6 Å². The van der Waals surface area contributed by atoms with Gasteiger partial charge in [0.25, 0.3) is 10.0 Å². The number of nitrogens with one attached hydrogen (secondary N) is 1. The Balaban J connectivity index is 1.51. The summed E-state index contributed by atoms with van der Waals surface area (Å²) in [5.41, 5.74) is 2.60. The number of benzene rings is 1. The van der Waals surface area contributed by atoms with Crippen LogP contribution in [0.25, 0.3) is 31.2 Å². The number of rotatable bonds is 5. The fraction of sp³-hybridized carbons (Fsp3) is 0.214. The third-order valence-corrected chi connectivity index (χ3v) is 10.2. The van der Waals surface area contributed by atoms with Gasteiger partial charge in [0.15, 0.2) is 5.78 Å². The molecule has 41 heavy (non-hydrogen) atoms. The fourth-order valence-corrected chi connectivity index (χ4v) is 7.71. The Labute approximate surface area is 244 Å². The standard InChI is InChI=1S/C28H24N4O6S3/c1-36-9-10-38-23-7-5-18-12-19(23)22(33)6-3-17-4-8-24(39-17)26-27-20(30-15-31-26)13-25(40-27)16-11-21(32-41(18,34)35)28(37-2)29-14-16/h4-5,7-8,11-15,32H,3,6,9-10H2,1-2H3. The van der Waals surface area contributed by atoms with Crippen LogP contribution in [-0.2, 0) is 21.2 Å². The monoisotopic (exact) mass is 608 g/mol. The lowest BCUT2D eigenvalue weighted by Gasteiger charge is -2.15. The number of carbonyl (C=O) groups is 1. The molecule has 13 heteroatoms. The maximum Gasteiger partial charge on any atom is 0.262 e. The lowest BCUT2D eigenvalue weighted by atomic mass is 10.0. The number of ether oxygens (including phenoxy) is 3. The van der Waals surface area contributed by atoms with E-state index >= 15 is 0 Å². The Morgan fingerprint density at radius 3 is 2.66 bits per heavy atom. The van der Waals surface area contributed by atoms with Crippen molar-refractivity contribution in [3.05, 3.63) is 65.4 Å². The highest BCUT2D eigenvalue weighted by molar-refractivity contribution is 7.92. The van der Waals surface area contributed by atoms with Crippen LogP contribution in [0.2, 0.25) is 0 Å². The zero-order valence-electron chi connectivity index (χ0n) is 22.0. The highest BCUT2D eigenvalue weighted by Gasteiger charge is 2.23. The predicted octanol–water partition coefficient (Wildman–Crippen LogP) is 5.45. The van der Waals surface area contributed by atoms with E-state index in [-0.39, 0.29) is 40.8 Å². The summed E-state index contributed by atoms with van der Waals surface area (Å²) in [7, 11) is -1.17. The van der Waals surface area contributed by atoms with Crippen molar-refractivity contribution in [1.29, 1.82) is 0 Å². The van der Waals surface area contributed by atoms with Crippen molar-refractivity contribution in [2.24, 2.45) is 0 Å². The Morgan fingerprint density at radius 2 is 1.83 bits per heavy atom. The van der Waals surface area contributed by atoms with Crippen LogP contribution < -0.4 is 14.2 Å². The first kappa shape index (κ1) is 27.3. The quantitative estimate of drug-likeness (QED) is 0.259. The van der Waals surface area contributed by atoms with Gasteiger partial charge in [-0.15, -0.1) is 22.7 Å². The van der Waals surface area contributed by atoms with Crippen LogP contribution in [0, 0.1) is 0 Å². The third kappa shape index (κ3) is 5.40. The summed E-state index contributed by atoms with van der Waals surface area (Å²) in [5, 5.41) is 0. The number of aromatic nitrogens is 3. The first-order valence-electron chi connectivity index (χ1n) is 12.6. The second kappa shape index (κ2) is 11.2. The number of thiophene rings is 2. The normalized spacial score (nSPS) is 14.3. The number of pyridine rings is 1. The summed E-state index contributed by atoms with van der Waals surface area (Å²) in [6, 6.07) is 11.8. The molecule has 0 saturated heterocycles. The van der Waals surface area contributed by atoms with Crippen LogP contribution >= 0.6 is 22.7 Å². The Hall–Kier alpha value is -3.91. The number of anilines is 1. The van der Waals surface area contributed by atoms with Crippen molar-refractivity contribution < 1.29 is 27.4 Å². The zero-order chi connectivity index (χ0) is 28.6. The molecule has 1 aliphatic rings. The van der Waals surface area contributed by atoms with E-state index in [1.54, 1.807) is 30.7 Å². The van der Waals surface area contributed by atoms with Crippen molar-refractivity contribution in [2.45, 2.75) is 17.7 Å². The van der Waals surface area contributed by atoms with Gasteiger partial charge in [-0.25, -0.2) is 23.4 Å². The molecule has 1 N–H and O–H groups in total. The second-order valence-electron chi connectivity index (χ2n) is 9.12. The number of sulfonamides is 1. The molecule has 6 rings (SSSR count). The molecule has 1 aromatic carbocycles. The van der Waals surface area contributed by atoms with E-state index in [2.05, 4.69) is 19.7 Å². The summed E-state index contributed by atoms with van der Waals surface area (Å²) in [4.78, 5) is 29.6. The molecule has 1 aliphatic heterocycles. The van der Waals surface area contributed by atoms with Crippen molar-refractivity contribution >= 4 is 54.4 Å². The number of methoxy groups -OCH3 is 2. The molecule has 0 radical (unpaired) electrons. The van der Waals surface area contributed by atoms with Crippen molar-refractivity contribution in [3.63, 3.8) is 0 Å². The Kier molecular flexibility index (Phi) is 7.43. The van der Waals surface area contributed by atoms with E-state index < -0.39 is 10.0 Å². The molecule has 0 spiro atoms. The molecule has 210 valence electrons. The van der Waals surface area contributed by atoms with Crippen LogP contribution in [0.4, 0.5) is 5.69 Å². The van der Waals surface area contributed by atoms with Gasteiger partial charge in [-0.3, -0.25) is 9.52 Å². The van der Waals surface area contributed by atoms with Crippen molar-refractivity contribution in [2.75, 3.05) is 32.2 Å². The summed E-state index contributed by atoms with van der Waals surface area (Å²) in [6.07, 6.45) is 3.80. The van der Waals surface area contributed by atoms with E-state index in [1.807, 2.05) is 18.2 Å². The van der Waals surface area contributed by atoms with Crippen LogP contribution in [0.1, 0.15) is 21.7 Å². The largest absolute Gasteiger partial charge is 0.490 e.